The van der Waals surface area contributed by atoms with Gasteiger partial charge in [-0.2, -0.15) is 0 Å². The van der Waals surface area contributed by atoms with Gasteiger partial charge in [0, 0.05) is 37.2 Å². The van der Waals surface area contributed by atoms with Gasteiger partial charge in [-0.15, -0.1) is 24.0 Å². The highest BCUT2D eigenvalue weighted by molar-refractivity contribution is 14.0. The number of benzene rings is 1. The molecule has 0 bridgehead atoms. The van der Waals surface area contributed by atoms with Gasteiger partial charge in [0.1, 0.15) is 5.82 Å². The van der Waals surface area contributed by atoms with Crippen LogP contribution < -0.4 is 10.6 Å². The van der Waals surface area contributed by atoms with E-state index in [2.05, 4.69) is 36.5 Å². The molecule has 1 aliphatic heterocycles. The average molecular weight is 571 g/mol. The fraction of sp³-hybridized carbons (Fsp3) is 0.650. The fourth-order valence-electron chi connectivity index (χ4n) is 3.18. The Morgan fingerprint density at radius 3 is 2.71 bits per heavy atom. The van der Waals surface area contributed by atoms with Crippen molar-refractivity contribution in [1.82, 2.24) is 15.5 Å². The van der Waals surface area contributed by atoms with Crippen LogP contribution in [0.4, 0.5) is 4.39 Å². The number of piperidine rings is 1. The molecule has 0 atom stereocenters. The number of aliphatic hydroxyl groups is 1. The lowest BCUT2D eigenvalue weighted by atomic mass is 10.1. The number of hydrogen-bond acceptors (Lipinski definition) is 3. The van der Waals surface area contributed by atoms with E-state index in [9.17, 15) is 9.50 Å². The molecule has 0 saturated carbocycles. The van der Waals surface area contributed by atoms with Crippen LogP contribution in [0.3, 0.4) is 0 Å². The van der Waals surface area contributed by atoms with Gasteiger partial charge in [-0.1, -0.05) is 22.0 Å². The molecule has 1 saturated heterocycles. The largest absolute Gasteiger partial charge is 0.393 e. The summed E-state index contributed by atoms with van der Waals surface area (Å²) in [6, 6.07) is 5.20. The normalized spacial score (nSPS) is 15.9. The highest BCUT2D eigenvalue weighted by atomic mass is 127. The Kier molecular flexibility index (Phi) is 13.3. The number of aliphatic hydroxyl groups excluding tert-OH is 1. The summed E-state index contributed by atoms with van der Waals surface area (Å²) in [6.45, 7) is 7.41. The van der Waals surface area contributed by atoms with Crippen molar-refractivity contribution in [2.45, 2.75) is 45.1 Å². The molecule has 160 valence electrons. The van der Waals surface area contributed by atoms with Crippen LogP contribution in [0.5, 0.6) is 0 Å². The predicted molar refractivity (Wildman–Crippen MR) is 128 cm³/mol. The van der Waals surface area contributed by atoms with Crippen molar-refractivity contribution in [3.8, 4) is 0 Å². The minimum Gasteiger partial charge on any atom is -0.393 e. The van der Waals surface area contributed by atoms with Gasteiger partial charge in [0.15, 0.2) is 5.96 Å². The molecule has 1 fully saturated rings. The molecule has 8 heteroatoms. The first-order valence-corrected chi connectivity index (χ1v) is 10.7. The zero-order valence-electron chi connectivity index (χ0n) is 16.6. The molecular formula is C20H33BrFIN4O. The first-order valence-electron chi connectivity index (χ1n) is 9.95. The molecule has 0 aliphatic carbocycles. The van der Waals surface area contributed by atoms with Gasteiger partial charge < -0.3 is 20.6 Å². The minimum atomic E-state index is -0.163. The number of aliphatic imine (C=N–C) groups is 1. The van der Waals surface area contributed by atoms with E-state index in [1.165, 1.54) is 6.07 Å². The summed E-state index contributed by atoms with van der Waals surface area (Å²) in [7, 11) is 0. The van der Waals surface area contributed by atoms with Gasteiger partial charge in [0.25, 0.3) is 0 Å². The number of aryl methyl sites for hydroxylation is 1. The summed E-state index contributed by atoms with van der Waals surface area (Å²) >= 11 is 3.28. The lowest BCUT2D eigenvalue weighted by molar-refractivity contribution is 0.0823. The van der Waals surface area contributed by atoms with Gasteiger partial charge in [0.05, 0.1) is 6.10 Å². The predicted octanol–water partition coefficient (Wildman–Crippen LogP) is 3.54. The molecule has 1 aromatic carbocycles. The monoisotopic (exact) mass is 570 g/mol. The smallest absolute Gasteiger partial charge is 0.191 e. The molecule has 0 spiro atoms. The Labute approximate surface area is 193 Å². The van der Waals surface area contributed by atoms with Crippen LogP contribution in [0.2, 0.25) is 0 Å². The zero-order chi connectivity index (χ0) is 19.5. The second kappa shape index (κ2) is 14.5. The van der Waals surface area contributed by atoms with Crippen LogP contribution in [-0.2, 0) is 6.42 Å². The summed E-state index contributed by atoms with van der Waals surface area (Å²) in [5.41, 5.74) is 0.734. The molecule has 28 heavy (non-hydrogen) atoms. The Morgan fingerprint density at radius 1 is 1.29 bits per heavy atom. The molecule has 1 heterocycles. The lowest BCUT2D eigenvalue weighted by Crippen LogP contribution is -2.40. The molecule has 1 aliphatic rings. The Morgan fingerprint density at radius 2 is 2.04 bits per heavy atom. The fourth-order valence-corrected chi connectivity index (χ4v) is 3.51. The summed E-state index contributed by atoms with van der Waals surface area (Å²) in [4.78, 5) is 6.99. The summed E-state index contributed by atoms with van der Waals surface area (Å²) in [5, 5.41) is 16.2. The van der Waals surface area contributed by atoms with Crippen molar-refractivity contribution in [2.75, 3.05) is 39.3 Å². The minimum absolute atomic E-state index is 0. The molecule has 2 rings (SSSR count). The number of halogens is 3. The van der Waals surface area contributed by atoms with E-state index in [0.29, 0.717) is 13.0 Å². The van der Waals surface area contributed by atoms with Crippen molar-refractivity contribution in [1.29, 1.82) is 0 Å². The van der Waals surface area contributed by atoms with Crippen molar-refractivity contribution >= 4 is 45.9 Å². The topological polar surface area (TPSA) is 59.9 Å². The number of nitrogens with one attached hydrogen (secondary N) is 2. The van der Waals surface area contributed by atoms with Gasteiger partial charge in [-0.3, -0.25) is 4.99 Å². The molecule has 5 nitrogen and oxygen atoms in total. The second-order valence-corrected chi connectivity index (χ2v) is 7.87. The van der Waals surface area contributed by atoms with Crippen molar-refractivity contribution < 1.29 is 9.50 Å². The van der Waals surface area contributed by atoms with Crippen LogP contribution in [-0.4, -0.2) is 61.3 Å². The number of likely N-dealkylation sites (tertiary alicyclic amines) is 1. The maximum Gasteiger partial charge on any atom is 0.191 e. The quantitative estimate of drug-likeness (QED) is 0.184. The van der Waals surface area contributed by atoms with E-state index in [1.54, 1.807) is 0 Å². The van der Waals surface area contributed by atoms with E-state index < -0.39 is 0 Å². The van der Waals surface area contributed by atoms with Crippen molar-refractivity contribution in [3.05, 3.63) is 34.1 Å². The van der Waals surface area contributed by atoms with Crippen molar-refractivity contribution in [3.63, 3.8) is 0 Å². The van der Waals surface area contributed by atoms with E-state index in [1.807, 2.05) is 19.1 Å². The van der Waals surface area contributed by atoms with Gasteiger partial charge in [0.2, 0.25) is 0 Å². The molecule has 0 unspecified atom stereocenters. The molecular weight excluding hydrogens is 538 g/mol. The van der Waals surface area contributed by atoms with E-state index in [4.69, 9.17) is 0 Å². The average Bonchev–Trinajstić information content (AvgIpc) is 2.65. The molecule has 0 amide bonds. The maximum absolute atomic E-state index is 13.8. The number of rotatable bonds is 9. The van der Waals surface area contributed by atoms with E-state index >= 15 is 0 Å². The highest BCUT2D eigenvalue weighted by Gasteiger charge is 2.15. The maximum atomic E-state index is 13.8. The van der Waals surface area contributed by atoms with Crippen LogP contribution in [0.1, 0.15) is 38.2 Å². The standard InChI is InChI=1S/C20H32BrFN4O.HI/c1-2-23-20(25-11-4-12-26-13-8-18(27)9-14-26)24-10-3-5-16-6-7-17(21)15-19(16)22;/h6-7,15,18,27H,2-5,8-14H2,1H3,(H2,23,24,25);1H. The Bertz CT molecular complexity index is 598. The van der Waals surface area contributed by atoms with Crippen molar-refractivity contribution in [2.24, 2.45) is 4.99 Å². The zero-order valence-corrected chi connectivity index (χ0v) is 20.5. The third kappa shape index (κ3) is 9.84. The molecule has 3 N–H and O–H groups in total. The first-order chi connectivity index (χ1) is 13.1. The van der Waals surface area contributed by atoms with Crippen LogP contribution in [0, 0.1) is 5.82 Å². The van der Waals surface area contributed by atoms with Gasteiger partial charge in [-0.25, -0.2) is 4.39 Å². The highest BCUT2D eigenvalue weighted by Crippen LogP contribution is 2.16. The van der Waals surface area contributed by atoms with Crippen LogP contribution in [0.25, 0.3) is 0 Å². The SMILES string of the molecule is CCNC(=NCCCc1ccc(Br)cc1F)NCCCN1CCC(O)CC1.I. The van der Waals surface area contributed by atoms with Gasteiger partial charge >= 0.3 is 0 Å². The van der Waals surface area contributed by atoms with E-state index in [-0.39, 0.29) is 35.9 Å². The summed E-state index contributed by atoms with van der Waals surface area (Å²) < 4.78 is 14.6. The number of nitrogens with zero attached hydrogens (tertiary/aromatic N) is 2. The van der Waals surface area contributed by atoms with Gasteiger partial charge in [-0.05, 0) is 63.3 Å². The third-order valence-corrected chi connectivity index (χ3v) is 5.23. The summed E-state index contributed by atoms with van der Waals surface area (Å²) in [6.07, 6.45) is 4.20. The Balaban J connectivity index is 0.00000392. The summed E-state index contributed by atoms with van der Waals surface area (Å²) in [5.74, 6) is 0.659. The molecule has 0 radical (unpaired) electrons. The number of hydrogen-bond donors (Lipinski definition) is 3. The number of guanidine groups is 1. The molecule has 0 aromatic heterocycles. The third-order valence-electron chi connectivity index (χ3n) is 4.73. The van der Waals surface area contributed by atoms with Crippen LogP contribution >= 0.6 is 39.9 Å². The Hall–Kier alpha value is -0.450. The lowest BCUT2D eigenvalue weighted by Gasteiger charge is -2.29. The van der Waals surface area contributed by atoms with Crippen LogP contribution in [0.15, 0.2) is 27.7 Å². The second-order valence-electron chi connectivity index (χ2n) is 6.95. The van der Waals surface area contributed by atoms with E-state index in [0.717, 1.165) is 74.4 Å². The first kappa shape index (κ1) is 25.6. The molecule has 1 aromatic rings.